The second kappa shape index (κ2) is 7.68. The number of carbonyl (C=O) groups excluding carboxylic acids is 1. The molecule has 1 aromatic carbocycles. The van der Waals surface area contributed by atoms with Gasteiger partial charge in [-0.3, -0.25) is 4.79 Å². The van der Waals surface area contributed by atoms with Gasteiger partial charge in [0.05, 0.1) is 23.5 Å². The van der Waals surface area contributed by atoms with Gasteiger partial charge in [0, 0.05) is 43.1 Å². The van der Waals surface area contributed by atoms with Gasteiger partial charge in [0.25, 0.3) is 0 Å². The third-order valence-electron chi connectivity index (χ3n) is 5.68. The van der Waals surface area contributed by atoms with Gasteiger partial charge in [-0.05, 0) is 53.1 Å². The molecule has 4 rings (SSSR count). The molecule has 0 aliphatic carbocycles. The summed E-state index contributed by atoms with van der Waals surface area (Å²) in [7, 11) is 1.78. The van der Waals surface area contributed by atoms with E-state index in [1.54, 1.807) is 11.9 Å². The van der Waals surface area contributed by atoms with Crippen LogP contribution in [0.25, 0.3) is 0 Å². The molecule has 1 aromatic heterocycles. The summed E-state index contributed by atoms with van der Waals surface area (Å²) in [6.07, 6.45) is 1.43. The maximum atomic E-state index is 14.5. The molecular weight excluding hydrogens is 452 g/mol. The lowest BCUT2D eigenvalue weighted by Crippen LogP contribution is -2.38. The first kappa shape index (κ1) is 19.7. The smallest absolute Gasteiger partial charge is 0.228 e. The molecule has 1 amide bonds. The van der Waals surface area contributed by atoms with Crippen LogP contribution in [-0.2, 0) is 28.9 Å². The number of amides is 1. The van der Waals surface area contributed by atoms with Crippen LogP contribution in [0.3, 0.4) is 0 Å². The number of ether oxygens (including phenoxy) is 1. The Morgan fingerprint density at radius 3 is 2.96 bits per heavy atom. The van der Waals surface area contributed by atoms with Crippen molar-refractivity contribution in [1.82, 2.24) is 14.5 Å². The van der Waals surface area contributed by atoms with Crippen LogP contribution < -0.4 is 0 Å². The molecular formula is C19H20BrF2N3O2S. The molecule has 5 nitrogen and oxygen atoms in total. The number of hydrogen-bond acceptors (Lipinski definition) is 3. The van der Waals surface area contributed by atoms with Crippen molar-refractivity contribution in [3.63, 3.8) is 0 Å². The van der Waals surface area contributed by atoms with Crippen molar-refractivity contribution in [2.45, 2.75) is 37.8 Å². The monoisotopic (exact) mass is 471 g/mol. The number of hydrogen-bond donors (Lipinski definition) is 1. The van der Waals surface area contributed by atoms with Gasteiger partial charge in [-0.15, -0.1) is 0 Å². The molecule has 150 valence electrons. The largest absolute Gasteiger partial charge is 0.379 e. The van der Waals surface area contributed by atoms with Crippen LogP contribution in [-0.4, -0.2) is 46.7 Å². The second-order valence-electron chi connectivity index (χ2n) is 7.32. The third-order valence-corrected chi connectivity index (χ3v) is 6.62. The quantitative estimate of drug-likeness (QED) is 0.546. The number of fused-ring (bicyclic) bond motifs is 1. The molecule has 0 saturated carbocycles. The van der Waals surface area contributed by atoms with Crippen LogP contribution in [0.15, 0.2) is 16.6 Å². The van der Waals surface area contributed by atoms with E-state index in [1.165, 1.54) is 12.1 Å². The van der Waals surface area contributed by atoms with Gasteiger partial charge in [0.2, 0.25) is 5.91 Å². The highest BCUT2D eigenvalue weighted by molar-refractivity contribution is 9.10. The molecule has 2 aliphatic rings. The number of rotatable bonds is 4. The van der Waals surface area contributed by atoms with Gasteiger partial charge in [0.1, 0.15) is 11.6 Å². The van der Waals surface area contributed by atoms with Gasteiger partial charge in [-0.25, -0.2) is 8.78 Å². The molecule has 0 spiro atoms. The molecule has 0 radical (unpaired) electrons. The fraction of sp³-hybridized carbons (Fsp3) is 0.474. The zero-order chi connectivity index (χ0) is 20.0. The molecule has 9 heteroatoms. The highest BCUT2D eigenvalue weighted by Gasteiger charge is 2.33. The van der Waals surface area contributed by atoms with E-state index in [4.69, 9.17) is 17.0 Å². The number of halogens is 3. The minimum Gasteiger partial charge on any atom is -0.379 e. The molecule has 2 aliphatic heterocycles. The lowest BCUT2D eigenvalue weighted by atomic mass is 9.95. The van der Waals surface area contributed by atoms with E-state index in [1.807, 2.05) is 4.57 Å². The average molecular weight is 472 g/mol. The molecule has 1 N–H and O–H groups in total. The molecule has 1 unspecified atom stereocenters. The van der Waals surface area contributed by atoms with E-state index in [9.17, 15) is 13.6 Å². The van der Waals surface area contributed by atoms with Crippen LogP contribution in [0.1, 0.15) is 29.3 Å². The van der Waals surface area contributed by atoms with E-state index < -0.39 is 11.6 Å². The van der Waals surface area contributed by atoms with Crippen molar-refractivity contribution in [1.29, 1.82) is 0 Å². The van der Waals surface area contributed by atoms with E-state index in [-0.39, 0.29) is 34.3 Å². The van der Waals surface area contributed by atoms with Gasteiger partial charge in [-0.1, -0.05) is 0 Å². The normalized spacial score (nSPS) is 21.1. The molecule has 2 aromatic rings. The van der Waals surface area contributed by atoms with Crippen LogP contribution in [0, 0.1) is 16.4 Å². The Morgan fingerprint density at radius 1 is 1.46 bits per heavy atom. The highest BCUT2D eigenvalue weighted by Crippen LogP contribution is 2.36. The molecule has 2 atom stereocenters. The minimum atomic E-state index is -0.579. The summed E-state index contributed by atoms with van der Waals surface area (Å²) in [6.45, 7) is 1.60. The van der Waals surface area contributed by atoms with Crippen molar-refractivity contribution in [2.24, 2.45) is 0 Å². The molecule has 0 bridgehead atoms. The van der Waals surface area contributed by atoms with E-state index in [0.29, 0.717) is 31.0 Å². The topological polar surface area (TPSA) is 50.3 Å². The van der Waals surface area contributed by atoms with Gasteiger partial charge in [-0.2, -0.15) is 0 Å². The van der Waals surface area contributed by atoms with E-state index in [2.05, 4.69) is 20.9 Å². The summed E-state index contributed by atoms with van der Waals surface area (Å²) in [6, 6.07) is 2.71. The zero-order valence-electron chi connectivity index (χ0n) is 15.3. The highest BCUT2D eigenvalue weighted by atomic mass is 79.9. The van der Waals surface area contributed by atoms with Gasteiger partial charge < -0.3 is 19.2 Å². The van der Waals surface area contributed by atoms with Crippen molar-refractivity contribution < 1.29 is 18.3 Å². The molecule has 3 heterocycles. The van der Waals surface area contributed by atoms with Crippen molar-refractivity contribution in [3.05, 3.63) is 50.0 Å². The number of imidazole rings is 1. The van der Waals surface area contributed by atoms with E-state index in [0.717, 1.165) is 17.8 Å². The predicted octanol–water partition coefficient (Wildman–Crippen LogP) is 3.72. The fourth-order valence-corrected chi connectivity index (χ4v) is 4.72. The molecule has 1 fully saturated rings. The number of H-pyrrole nitrogens is 1. The van der Waals surface area contributed by atoms with Gasteiger partial charge >= 0.3 is 0 Å². The summed E-state index contributed by atoms with van der Waals surface area (Å²) >= 11 is 8.51. The van der Waals surface area contributed by atoms with Crippen LogP contribution >= 0.6 is 28.1 Å². The fourth-order valence-electron chi connectivity index (χ4n) is 4.06. The van der Waals surface area contributed by atoms with Crippen molar-refractivity contribution in [2.75, 3.05) is 20.3 Å². The molecule has 28 heavy (non-hydrogen) atoms. The SMILES string of the molecule is CN(C(=O)Cc1[nH]c(=S)n2c1C[C@@H](c1c(F)ccc(Br)c1F)C2)C1CCOC1. The molecule has 1 saturated heterocycles. The van der Waals surface area contributed by atoms with Crippen LogP contribution in [0.4, 0.5) is 8.78 Å². The number of nitrogens with zero attached hydrogens (tertiary/aromatic N) is 2. The summed E-state index contributed by atoms with van der Waals surface area (Å²) in [5.41, 5.74) is 1.63. The van der Waals surface area contributed by atoms with Crippen LogP contribution in [0.2, 0.25) is 0 Å². The number of nitrogens with one attached hydrogen (secondary N) is 1. The Balaban J connectivity index is 1.57. The van der Waals surface area contributed by atoms with E-state index >= 15 is 0 Å². The first-order chi connectivity index (χ1) is 13.4. The maximum Gasteiger partial charge on any atom is 0.228 e. The first-order valence-corrected chi connectivity index (χ1v) is 10.3. The van der Waals surface area contributed by atoms with Gasteiger partial charge in [0.15, 0.2) is 4.77 Å². The Hall–Kier alpha value is -1.58. The number of aromatic nitrogens is 2. The number of aromatic amines is 1. The summed E-state index contributed by atoms with van der Waals surface area (Å²) in [4.78, 5) is 17.5. The third kappa shape index (κ3) is 3.44. The number of likely N-dealkylation sites (N-methyl/N-ethyl adjacent to an activating group) is 1. The second-order valence-corrected chi connectivity index (χ2v) is 8.56. The summed E-state index contributed by atoms with van der Waals surface area (Å²) in [5, 5.41) is 0. The maximum absolute atomic E-state index is 14.5. The Bertz CT molecular complexity index is 984. The zero-order valence-corrected chi connectivity index (χ0v) is 17.7. The summed E-state index contributed by atoms with van der Waals surface area (Å²) in [5.74, 6) is -1.54. The lowest BCUT2D eigenvalue weighted by molar-refractivity contribution is -0.131. The van der Waals surface area contributed by atoms with Crippen molar-refractivity contribution >= 4 is 34.1 Å². The number of benzene rings is 1. The minimum absolute atomic E-state index is 0.0292. The van der Waals surface area contributed by atoms with Crippen LogP contribution in [0.5, 0.6) is 0 Å². The standard InChI is InChI=1S/C19H20BrF2N3O2S/c1-24(11-4-5-27-9-11)16(26)7-14-15-6-10(8-25(15)19(28)23-14)17-13(21)3-2-12(20)18(17)22/h2-3,10-11H,4-9H2,1H3,(H,23,28)/t10-,11?/m1/s1. The predicted molar refractivity (Wildman–Crippen MR) is 106 cm³/mol. The van der Waals surface area contributed by atoms with Crippen molar-refractivity contribution in [3.8, 4) is 0 Å². The Morgan fingerprint density at radius 2 is 2.25 bits per heavy atom. The first-order valence-electron chi connectivity index (χ1n) is 9.14. The lowest BCUT2D eigenvalue weighted by Gasteiger charge is -2.23. The number of carbonyl (C=O) groups is 1. The Kier molecular flexibility index (Phi) is 5.41. The Labute approximate surface area is 174 Å². The average Bonchev–Trinajstić information content (AvgIpc) is 3.38. The summed E-state index contributed by atoms with van der Waals surface area (Å²) < 4.78 is 36.8.